The molecule has 1 aromatic heterocycles. The Labute approximate surface area is 186 Å². The molecule has 1 atom stereocenters. The second-order valence-corrected chi connectivity index (χ2v) is 9.34. The first-order valence-corrected chi connectivity index (χ1v) is 11.6. The van der Waals surface area contributed by atoms with Crippen molar-refractivity contribution in [3.05, 3.63) is 66.5 Å². The van der Waals surface area contributed by atoms with Gasteiger partial charge in [-0.2, -0.15) is 4.31 Å². The summed E-state index contributed by atoms with van der Waals surface area (Å²) in [6.07, 6.45) is 1.87. The average Bonchev–Trinajstić information content (AvgIpc) is 3.37. The van der Waals surface area contributed by atoms with Crippen molar-refractivity contribution in [2.24, 2.45) is 0 Å². The lowest BCUT2D eigenvalue weighted by molar-refractivity contribution is -0.136. The van der Waals surface area contributed by atoms with Gasteiger partial charge in [0.1, 0.15) is 18.1 Å². The van der Waals surface area contributed by atoms with E-state index in [-0.39, 0.29) is 23.9 Å². The van der Waals surface area contributed by atoms with Crippen molar-refractivity contribution in [3.8, 4) is 5.75 Å². The molecule has 2 heterocycles. The maximum Gasteiger partial charge on any atom is 0.248 e. The van der Waals surface area contributed by atoms with Crippen LogP contribution < -0.4 is 4.74 Å². The van der Waals surface area contributed by atoms with Gasteiger partial charge in [-0.1, -0.05) is 30.3 Å². The number of sulfonamides is 1. The maximum absolute atomic E-state index is 13.3. The summed E-state index contributed by atoms with van der Waals surface area (Å²) in [7, 11) is -2.12. The van der Waals surface area contributed by atoms with Crippen LogP contribution in [-0.2, 0) is 21.2 Å². The van der Waals surface area contributed by atoms with E-state index in [1.54, 1.807) is 17.0 Å². The standard InChI is InChI=1S/C21H24N6O4S/c1-31-18-7-9-19(10-8-18)32(29,30)26-13-11-25(12-14-26)21(28)20(27-16-22-23-24-27)15-17-5-3-2-4-6-17/h2-10,16,20H,11-15H2,1H3/t20-/m1/s1. The molecule has 1 aliphatic heterocycles. The number of piperazine rings is 1. The Hall–Kier alpha value is -3.31. The predicted octanol–water partition coefficient (Wildman–Crippen LogP) is 0.999. The molecule has 0 unspecified atom stereocenters. The van der Waals surface area contributed by atoms with Crippen LogP contribution in [0.25, 0.3) is 0 Å². The summed E-state index contributed by atoms with van der Waals surface area (Å²) in [6, 6.07) is 15.3. The lowest BCUT2D eigenvalue weighted by atomic mass is 10.0. The lowest BCUT2D eigenvalue weighted by Crippen LogP contribution is -2.52. The lowest BCUT2D eigenvalue weighted by Gasteiger charge is -2.35. The molecule has 11 heteroatoms. The van der Waals surface area contributed by atoms with Gasteiger partial charge in [0.2, 0.25) is 15.9 Å². The minimum atomic E-state index is -3.65. The fraction of sp³-hybridized carbons (Fsp3) is 0.333. The normalized spacial score (nSPS) is 16.0. The second-order valence-electron chi connectivity index (χ2n) is 7.40. The van der Waals surface area contributed by atoms with Crippen molar-refractivity contribution >= 4 is 15.9 Å². The summed E-state index contributed by atoms with van der Waals surface area (Å²) in [5, 5.41) is 11.3. The first-order chi connectivity index (χ1) is 15.5. The molecule has 0 radical (unpaired) electrons. The number of tetrazole rings is 1. The number of nitrogens with zero attached hydrogens (tertiary/aromatic N) is 6. The summed E-state index contributed by atoms with van der Waals surface area (Å²) in [6.45, 7) is 1.02. The van der Waals surface area contributed by atoms with E-state index in [1.807, 2.05) is 30.3 Å². The van der Waals surface area contributed by atoms with Crippen LogP contribution >= 0.6 is 0 Å². The number of benzene rings is 2. The second kappa shape index (κ2) is 9.45. The highest BCUT2D eigenvalue weighted by Crippen LogP contribution is 2.22. The molecular formula is C21H24N6O4S. The first kappa shape index (κ1) is 21.9. The molecule has 0 saturated carbocycles. The number of aromatic nitrogens is 4. The van der Waals surface area contributed by atoms with Crippen LogP contribution in [0.4, 0.5) is 0 Å². The van der Waals surface area contributed by atoms with E-state index in [4.69, 9.17) is 4.74 Å². The Morgan fingerprint density at radius 3 is 2.31 bits per heavy atom. The van der Waals surface area contributed by atoms with Crippen molar-refractivity contribution in [2.45, 2.75) is 17.4 Å². The van der Waals surface area contributed by atoms with Crippen molar-refractivity contribution in [1.29, 1.82) is 0 Å². The van der Waals surface area contributed by atoms with Gasteiger partial charge in [0.15, 0.2) is 0 Å². The van der Waals surface area contributed by atoms with Crippen LogP contribution in [0.15, 0.2) is 65.8 Å². The number of hydrogen-bond acceptors (Lipinski definition) is 7. The first-order valence-electron chi connectivity index (χ1n) is 10.2. The summed E-state index contributed by atoms with van der Waals surface area (Å²) in [5.41, 5.74) is 0.988. The topological polar surface area (TPSA) is 111 Å². The molecule has 4 rings (SSSR count). The van der Waals surface area contributed by atoms with Gasteiger partial charge in [0.25, 0.3) is 0 Å². The molecule has 3 aromatic rings. The molecule has 32 heavy (non-hydrogen) atoms. The van der Waals surface area contributed by atoms with Gasteiger partial charge in [0, 0.05) is 32.6 Å². The molecule has 0 N–H and O–H groups in total. The van der Waals surface area contributed by atoms with E-state index in [9.17, 15) is 13.2 Å². The zero-order valence-electron chi connectivity index (χ0n) is 17.6. The number of amides is 1. The zero-order valence-corrected chi connectivity index (χ0v) is 18.4. The fourth-order valence-electron chi connectivity index (χ4n) is 3.70. The van der Waals surface area contributed by atoms with Gasteiger partial charge in [-0.25, -0.2) is 13.1 Å². The summed E-state index contributed by atoms with van der Waals surface area (Å²) >= 11 is 0. The van der Waals surface area contributed by atoms with Crippen molar-refractivity contribution in [2.75, 3.05) is 33.3 Å². The third kappa shape index (κ3) is 4.63. The molecule has 168 valence electrons. The molecule has 0 spiro atoms. The quantitative estimate of drug-likeness (QED) is 0.521. The Bertz CT molecular complexity index is 1130. The summed E-state index contributed by atoms with van der Waals surface area (Å²) in [4.78, 5) is 15.2. The highest BCUT2D eigenvalue weighted by Gasteiger charge is 2.33. The minimum absolute atomic E-state index is 0.136. The van der Waals surface area contributed by atoms with Crippen molar-refractivity contribution in [3.63, 3.8) is 0 Å². The number of methoxy groups -OCH3 is 1. The zero-order chi connectivity index (χ0) is 22.6. The Kier molecular flexibility index (Phi) is 6.47. The molecule has 1 saturated heterocycles. The number of ether oxygens (including phenoxy) is 1. The number of carbonyl (C=O) groups is 1. The van der Waals surface area contributed by atoms with E-state index in [0.29, 0.717) is 25.3 Å². The van der Waals surface area contributed by atoms with Gasteiger partial charge in [-0.15, -0.1) is 5.10 Å². The Morgan fingerprint density at radius 1 is 1.03 bits per heavy atom. The van der Waals surface area contributed by atoms with Gasteiger partial charge >= 0.3 is 0 Å². The SMILES string of the molecule is COc1ccc(S(=O)(=O)N2CCN(C(=O)[C@@H](Cc3ccccc3)n3cnnn3)CC2)cc1. The fourth-order valence-corrected chi connectivity index (χ4v) is 5.12. The molecule has 0 bridgehead atoms. The molecule has 1 amide bonds. The van der Waals surface area contributed by atoms with Gasteiger partial charge in [-0.3, -0.25) is 4.79 Å². The average molecular weight is 457 g/mol. The molecule has 10 nitrogen and oxygen atoms in total. The van der Waals surface area contributed by atoms with Crippen LogP contribution in [0.2, 0.25) is 0 Å². The minimum Gasteiger partial charge on any atom is -0.497 e. The summed E-state index contributed by atoms with van der Waals surface area (Å²) < 4.78 is 33.9. The Morgan fingerprint density at radius 2 is 1.72 bits per heavy atom. The van der Waals surface area contributed by atoms with Crippen molar-refractivity contribution in [1.82, 2.24) is 29.4 Å². The van der Waals surface area contributed by atoms with Gasteiger partial charge < -0.3 is 9.64 Å². The molecular weight excluding hydrogens is 432 g/mol. The van der Waals surface area contributed by atoms with E-state index >= 15 is 0 Å². The maximum atomic E-state index is 13.3. The predicted molar refractivity (Wildman–Crippen MR) is 115 cm³/mol. The van der Waals surface area contributed by atoms with Crippen LogP contribution in [0, 0.1) is 0 Å². The highest BCUT2D eigenvalue weighted by atomic mass is 32.2. The molecule has 1 fully saturated rings. The number of hydrogen-bond donors (Lipinski definition) is 0. The molecule has 2 aromatic carbocycles. The van der Waals surface area contributed by atoms with Gasteiger partial charge in [-0.05, 0) is 40.3 Å². The smallest absolute Gasteiger partial charge is 0.248 e. The Balaban J connectivity index is 1.45. The molecule has 1 aliphatic rings. The molecule has 0 aliphatic carbocycles. The largest absolute Gasteiger partial charge is 0.497 e. The third-order valence-corrected chi connectivity index (χ3v) is 7.40. The van der Waals surface area contributed by atoms with Crippen LogP contribution in [-0.4, -0.2) is 77.0 Å². The van der Waals surface area contributed by atoms with E-state index in [1.165, 1.54) is 34.6 Å². The monoisotopic (exact) mass is 456 g/mol. The van der Waals surface area contributed by atoms with E-state index in [0.717, 1.165) is 5.56 Å². The van der Waals surface area contributed by atoms with Gasteiger partial charge in [0.05, 0.1) is 12.0 Å². The number of carbonyl (C=O) groups excluding carboxylic acids is 1. The van der Waals surface area contributed by atoms with Crippen LogP contribution in [0.1, 0.15) is 11.6 Å². The van der Waals surface area contributed by atoms with Crippen LogP contribution in [0.3, 0.4) is 0 Å². The van der Waals surface area contributed by atoms with Crippen LogP contribution in [0.5, 0.6) is 5.75 Å². The number of rotatable bonds is 7. The van der Waals surface area contributed by atoms with E-state index < -0.39 is 16.1 Å². The van der Waals surface area contributed by atoms with Crippen molar-refractivity contribution < 1.29 is 17.9 Å². The van der Waals surface area contributed by atoms with E-state index in [2.05, 4.69) is 15.5 Å². The highest BCUT2D eigenvalue weighted by molar-refractivity contribution is 7.89. The third-order valence-electron chi connectivity index (χ3n) is 5.49. The summed E-state index contributed by atoms with van der Waals surface area (Å²) in [5.74, 6) is 0.453.